The van der Waals surface area contributed by atoms with Crippen molar-refractivity contribution in [3.05, 3.63) is 70.3 Å². The molecule has 0 unspecified atom stereocenters. The number of halogens is 1. The normalized spacial score (nSPS) is 11.1. The van der Waals surface area contributed by atoms with Gasteiger partial charge in [0.25, 0.3) is 5.56 Å². The summed E-state index contributed by atoms with van der Waals surface area (Å²) in [6.45, 7) is 1.48. The summed E-state index contributed by atoms with van der Waals surface area (Å²) in [5, 5.41) is 13.1. The van der Waals surface area contributed by atoms with Crippen molar-refractivity contribution in [1.82, 2.24) is 10.2 Å². The number of Topliss-reactive ketones (excluding diaryl/α,β-unsaturated/α-hetero) is 1. The van der Waals surface area contributed by atoms with Crippen LogP contribution in [0.4, 0.5) is 15.8 Å². The second-order valence-electron chi connectivity index (χ2n) is 5.11. The molecule has 0 aliphatic rings. The first-order valence-electron chi connectivity index (χ1n) is 7.14. The Morgan fingerprint density at radius 2 is 1.62 bits per heavy atom. The first-order valence-corrected chi connectivity index (χ1v) is 7.14. The molecule has 2 aromatic carbocycles. The number of aromatic nitrogens is 2. The second kappa shape index (κ2) is 6.41. The molecule has 0 aliphatic heterocycles. The van der Waals surface area contributed by atoms with E-state index in [9.17, 15) is 14.0 Å². The summed E-state index contributed by atoms with van der Waals surface area (Å²) in [4.78, 5) is 23.1. The molecule has 24 heavy (non-hydrogen) atoms. The first kappa shape index (κ1) is 15.5. The van der Waals surface area contributed by atoms with E-state index in [-0.39, 0.29) is 17.3 Å². The summed E-state index contributed by atoms with van der Waals surface area (Å²) in [6, 6.07) is 12.2. The van der Waals surface area contributed by atoms with Gasteiger partial charge in [0.05, 0.1) is 11.4 Å². The molecule has 1 aromatic heterocycles. The van der Waals surface area contributed by atoms with Crippen LogP contribution in [0.3, 0.4) is 0 Å². The predicted molar refractivity (Wildman–Crippen MR) is 87.4 cm³/mol. The quantitative estimate of drug-likeness (QED) is 0.558. The van der Waals surface area contributed by atoms with E-state index in [1.165, 1.54) is 31.2 Å². The van der Waals surface area contributed by atoms with Crippen LogP contribution in [0.15, 0.2) is 63.6 Å². The van der Waals surface area contributed by atoms with E-state index < -0.39 is 5.56 Å². The van der Waals surface area contributed by atoms with E-state index in [2.05, 4.69) is 20.4 Å². The molecule has 0 radical (unpaired) electrons. The van der Waals surface area contributed by atoms with Crippen molar-refractivity contribution in [1.29, 1.82) is 0 Å². The molecule has 6 nitrogen and oxygen atoms in total. The van der Waals surface area contributed by atoms with Gasteiger partial charge in [-0.05, 0) is 55.5 Å². The van der Waals surface area contributed by atoms with Crippen LogP contribution in [0.5, 0.6) is 0 Å². The Bertz CT molecular complexity index is 954. The number of hydrogen-bond donors (Lipinski definition) is 2. The van der Waals surface area contributed by atoms with Gasteiger partial charge in [-0.25, -0.2) is 4.39 Å². The summed E-state index contributed by atoms with van der Waals surface area (Å²) in [5.74, 6) is -0.412. The number of H-pyrrole nitrogens is 2. The van der Waals surface area contributed by atoms with E-state index in [0.29, 0.717) is 22.5 Å². The smallest absolute Gasteiger partial charge is 0.292 e. The Hall–Kier alpha value is -3.35. The van der Waals surface area contributed by atoms with Gasteiger partial charge in [-0.15, -0.1) is 5.11 Å². The molecule has 0 fully saturated rings. The number of carbonyl (C=O) groups is 1. The summed E-state index contributed by atoms with van der Waals surface area (Å²) in [6.07, 6.45) is 0. The Morgan fingerprint density at radius 1 is 0.958 bits per heavy atom. The standard InChI is InChI=1S/C17H13FN4O2/c1-10(23)11-4-8-14(9-5-11)19-21-16-15(20-22-17(16)24)12-2-6-13(18)7-3-12/h2-9H,1H3,(H2,20,22,24). The van der Waals surface area contributed by atoms with Crippen molar-refractivity contribution in [2.75, 3.05) is 0 Å². The highest BCUT2D eigenvalue weighted by molar-refractivity contribution is 5.94. The highest BCUT2D eigenvalue weighted by Crippen LogP contribution is 2.26. The minimum absolute atomic E-state index is 0.0424. The highest BCUT2D eigenvalue weighted by atomic mass is 19.1. The van der Waals surface area contributed by atoms with Crippen molar-refractivity contribution >= 4 is 17.2 Å². The van der Waals surface area contributed by atoms with Crippen LogP contribution >= 0.6 is 0 Å². The molecule has 7 heteroatoms. The van der Waals surface area contributed by atoms with Gasteiger partial charge in [0.15, 0.2) is 11.5 Å². The van der Waals surface area contributed by atoms with Crippen LogP contribution in [0, 0.1) is 5.82 Å². The fourth-order valence-corrected chi connectivity index (χ4v) is 2.14. The number of aromatic amines is 2. The van der Waals surface area contributed by atoms with E-state index in [4.69, 9.17) is 0 Å². The van der Waals surface area contributed by atoms with Gasteiger partial charge in [0.2, 0.25) is 0 Å². The van der Waals surface area contributed by atoms with Gasteiger partial charge in [-0.1, -0.05) is 0 Å². The monoisotopic (exact) mass is 324 g/mol. The number of carbonyl (C=O) groups excluding carboxylic acids is 1. The SMILES string of the molecule is CC(=O)c1ccc(N=Nc2c(-c3ccc(F)cc3)[nH][nH]c2=O)cc1. The lowest BCUT2D eigenvalue weighted by Crippen LogP contribution is -1.96. The number of rotatable bonds is 4. The molecule has 120 valence electrons. The number of ketones is 1. The fraction of sp³-hybridized carbons (Fsp3) is 0.0588. The molecule has 0 aliphatic carbocycles. The van der Waals surface area contributed by atoms with Crippen LogP contribution < -0.4 is 5.56 Å². The minimum Gasteiger partial charge on any atom is -0.295 e. The zero-order valence-corrected chi connectivity index (χ0v) is 12.7. The number of azo groups is 1. The average molecular weight is 324 g/mol. The maximum absolute atomic E-state index is 13.0. The average Bonchev–Trinajstić information content (AvgIpc) is 2.95. The lowest BCUT2D eigenvalue weighted by molar-refractivity contribution is 0.101. The van der Waals surface area contributed by atoms with Crippen molar-refractivity contribution in [2.24, 2.45) is 10.2 Å². The summed E-state index contributed by atoms with van der Waals surface area (Å²) in [5.41, 5.74) is 1.77. The number of nitrogens with one attached hydrogen (secondary N) is 2. The summed E-state index contributed by atoms with van der Waals surface area (Å²) >= 11 is 0. The molecule has 0 atom stereocenters. The molecule has 0 bridgehead atoms. The van der Waals surface area contributed by atoms with Crippen LogP contribution in [-0.2, 0) is 0 Å². The van der Waals surface area contributed by atoms with Gasteiger partial charge in [0.1, 0.15) is 5.82 Å². The highest BCUT2D eigenvalue weighted by Gasteiger charge is 2.11. The summed E-state index contributed by atoms with van der Waals surface area (Å²) < 4.78 is 13.0. The summed E-state index contributed by atoms with van der Waals surface area (Å²) in [7, 11) is 0. The van der Waals surface area contributed by atoms with Gasteiger partial charge >= 0.3 is 0 Å². The van der Waals surface area contributed by atoms with Gasteiger partial charge in [0, 0.05) is 11.1 Å². The maximum Gasteiger partial charge on any atom is 0.292 e. The van der Waals surface area contributed by atoms with Crippen molar-refractivity contribution in [3.8, 4) is 11.3 Å². The molecule has 3 rings (SSSR count). The Morgan fingerprint density at radius 3 is 2.25 bits per heavy atom. The molecular weight excluding hydrogens is 311 g/mol. The van der Waals surface area contributed by atoms with Crippen LogP contribution in [0.2, 0.25) is 0 Å². The van der Waals surface area contributed by atoms with Gasteiger partial charge < -0.3 is 0 Å². The molecule has 3 aromatic rings. The van der Waals surface area contributed by atoms with Gasteiger partial charge in [-0.2, -0.15) is 5.11 Å². The minimum atomic E-state index is -0.432. The molecule has 1 heterocycles. The molecular formula is C17H13FN4O2. The molecule has 0 amide bonds. The van der Waals surface area contributed by atoms with Crippen molar-refractivity contribution in [3.63, 3.8) is 0 Å². The molecule has 0 saturated carbocycles. The van der Waals surface area contributed by atoms with Crippen molar-refractivity contribution < 1.29 is 9.18 Å². The zero-order valence-electron chi connectivity index (χ0n) is 12.7. The van der Waals surface area contributed by atoms with Crippen LogP contribution in [0.25, 0.3) is 11.3 Å². The Balaban J connectivity index is 1.92. The lowest BCUT2D eigenvalue weighted by Gasteiger charge is -1.99. The third-order valence-corrected chi connectivity index (χ3v) is 3.43. The third-order valence-electron chi connectivity index (χ3n) is 3.43. The first-order chi connectivity index (χ1) is 11.5. The topological polar surface area (TPSA) is 90.4 Å². The Kier molecular flexibility index (Phi) is 4.15. The van der Waals surface area contributed by atoms with E-state index in [0.717, 1.165) is 0 Å². The van der Waals surface area contributed by atoms with Crippen LogP contribution in [0.1, 0.15) is 17.3 Å². The lowest BCUT2D eigenvalue weighted by atomic mass is 10.1. The Labute approximate surface area is 136 Å². The third kappa shape index (κ3) is 3.19. The van der Waals surface area contributed by atoms with E-state index >= 15 is 0 Å². The van der Waals surface area contributed by atoms with Crippen LogP contribution in [-0.4, -0.2) is 16.0 Å². The zero-order chi connectivity index (χ0) is 17.1. The number of hydrogen-bond acceptors (Lipinski definition) is 4. The second-order valence-corrected chi connectivity index (χ2v) is 5.11. The predicted octanol–water partition coefficient (Wildman–Crippen LogP) is 4.13. The van der Waals surface area contributed by atoms with E-state index in [1.807, 2.05) is 0 Å². The van der Waals surface area contributed by atoms with Crippen molar-refractivity contribution in [2.45, 2.75) is 6.92 Å². The number of nitrogens with zero attached hydrogens (tertiary/aromatic N) is 2. The largest absolute Gasteiger partial charge is 0.295 e. The molecule has 0 spiro atoms. The number of benzene rings is 2. The maximum atomic E-state index is 13.0. The fourth-order valence-electron chi connectivity index (χ4n) is 2.14. The van der Waals surface area contributed by atoms with Gasteiger partial charge in [-0.3, -0.25) is 19.8 Å². The van der Waals surface area contributed by atoms with E-state index in [1.54, 1.807) is 24.3 Å². The molecule has 2 N–H and O–H groups in total. The molecule has 0 saturated heterocycles.